The van der Waals surface area contributed by atoms with E-state index in [1.807, 2.05) is 0 Å². The third-order valence-corrected chi connectivity index (χ3v) is 4.39. The smallest absolute Gasteiger partial charge is 0.407 e. The maximum atomic E-state index is 13.6. The molecule has 1 aromatic rings. The van der Waals surface area contributed by atoms with Crippen LogP contribution in [0, 0.1) is 5.82 Å². The number of nitrogens with zero attached hydrogens (tertiary/aromatic N) is 1. The van der Waals surface area contributed by atoms with Gasteiger partial charge in [0.1, 0.15) is 11.4 Å². The number of nitrogens with one attached hydrogen (secondary N) is 1. The van der Waals surface area contributed by atoms with Gasteiger partial charge in [-0.2, -0.15) is 0 Å². The summed E-state index contributed by atoms with van der Waals surface area (Å²) < 4.78 is 43.6. The van der Waals surface area contributed by atoms with E-state index in [0.29, 0.717) is 5.56 Å². The number of benzene rings is 1. The second kappa shape index (κ2) is 8.43. The summed E-state index contributed by atoms with van der Waals surface area (Å²) in [7, 11) is -3.46. The minimum absolute atomic E-state index is 0.0898. The van der Waals surface area contributed by atoms with Crippen LogP contribution in [-0.4, -0.2) is 50.3 Å². The summed E-state index contributed by atoms with van der Waals surface area (Å²) in [5.74, 6) is -0.363. The predicted octanol–water partition coefficient (Wildman–Crippen LogP) is 2.15. The second-order valence-corrected chi connectivity index (χ2v) is 8.41. The molecule has 0 spiro atoms. The first-order valence-corrected chi connectivity index (χ1v) is 9.49. The van der Waals surface area contributed by atoms with Crippen LogP contribution in [0.5, 0.6) is 0 Å². The van der Waals surface area contributed by atoms with Crippen molar-refractivity contribution in [2.75, 3.05) is 25.9 Å². The lowest BCUT2D eigenvalue weighted by molar-refractivity contribution is 0.0525. The van der Waals surface area contributed by atoms with Crippen molar-refractivity contribution in [3.8, 4) is 0 Å². The summed E-state index contributed by atoms with van der Waals surface area (Å²) in [5.41, 5.74) is -0.169. The molecule has 6 nitrogen and oxygen atoms in total. The number of rotatable bonds is 7. The second-order valence-electron chi connectivity index (χ2n) is 6.43. The van der Waals surface area contributed by atoms with Crippen molar-refractivity contribution in [1.29, 1.82) is 0 Å². The molecule has 1 amide bonds. The zero-order valence-corrected chi connectivity index (χ0v) is 15.3. The summed E-state index contributed by atoms with van der Waals surface area (Å²) in [5, 5.41) is 2.51. The van der Waals surface area contributed by atoms with Gasteiger partial charge in [-0.3, -0.25) is 0 Å². The first-order valence-electron chi connectivity index (χ1n) is 7.64. The van der Waals surface area contributed by atoms with Gasteiger partial charge in [0.15, 0.2) is 0 Å². The van der Waals surface area contributed by atoms with Crippen LogP contribution in [-0.2, 0) is 21.2 Å². The molecule has 0 atom stereocenters. The third kappa shape index (κ3) is 7.74. The van der Waals surface area contributed by atoms with Gasteiger partial charge in [0.25, 0.3) is 0 Å². The lowest BCUT2D eigenvalue weighted by atomic mass is 10.1. The van der Waals surface area contributed by atoms with Crippen molar-refractivity contribution in [3.63, 3.8) is 0 Å². The molecule has 0 saturated carbocycles. The van der Waals surface area contributed by atoms with Crippen LogP contribution >= 0.6 is 0 Å². The van der Waals surface area contributed by atoms with Crippen molar-refractivity contribution < 1.29 is 22.3 Å². The van der Waals surface area contributed by atoms with Gasteiger partial charge in [-0.1, -0.05) is 18.2 Å². The molecule has 1 rings (SSSR count). The molecule has 0 unspecified atom stereocenters. The highest BCUT2D eigenvalue weighted by molar-refractivity contribution is 7.88. The molecule has 0 aromatic heterocycles. The van der Waals surface area contributed by atoms with E-state index in [1.54, 1.807) is 39.0 Å². The number of carbonyl (C=O) groups is 1. The lowest BCUT2D eigenvalue weighted by Crippen LogP contribution is -2.40. The Morgan fingerprint density at radius 3 is 2.42 bits per heavy atom. The molecule has 24 heavy (non-hydrogen) atoms. The standard InChI is InChI=1S/C16H25FN2O4S/c1-16(2,3)23-15(20)18-10-12-19(24(4,21)22)11-9-13-7-5-6-8-14(13)17/h5-8H,9-12H2,1-4H3,(H,18,20). The average molecular weight is 360 g/mol. The molecule has 1 aromatic carbocycles. The minimum Gasteiger partial charge on any atom is -0.444 e. The Bertz CT molecular complexity index is 656. The quantitative estimate of drug-likeness (QED) is 0.808. The van der Waals surface area contributed by atoms with Crippen molar-refractivity contribution in [3.05, 3.63) is 35.6 Å². The molecule has 0 aliphatic carbocycles. The molecule has 136 valence electrons. The number of amides is 1. The van der Waals surface area contributed by atoms with E-state index < -0.39 is 21.7 Å². The Labute approximate surface area is 143 Å². The van der Waals surface area contributed by atoms with Gasteiger partial charge >= 0.3 is 6.09 Å². The molecule has 0 aliphatic rings. The zero-order chi connectivity index (χ0) is 18.4. The van der Waals surface area contributed by atoms with Gasteiger partial charge in [-0.15, -0.1) is 0 Å². The highest BCUT2D eigenvalue weighted by atomic mass is 32.2. The Morgan fingerprint density at radius 2 is 1.88 bits per heavy atom. The summed E-state index contributed by atoms with van der Waals surface area (Å²) in [6, 6.07) is 6.24. The van der Waals surface area contributed by atoms with E-state index in [-0.39, 0.29) is 31.9 Å². The number of hydrogen-bond acceptors (Lipinski definition) is 4. The first-order chi connectivity index (χ1) is 11.0. The highest BCUT2D eigenvalue weighted by Crippen LogP contribution is 2.09. The fourth-order valence-corrected chi connectivity index (χ4v) is 2.83. The first kappa shape index (κ1) is 20.4. The van der Waals surface area contributed by atoms with Gasteiger partial charge in [-0.25, -0.2) is 21.9 Å². The van der Waals surface area contributed by atoms with E-state index in [9.17, 15) is 17.6 Å². The number of sulfonamides is 1. The Kier molecular flexibility index (Phi) is 7.16. The van der Waals surface area contributed by atoms with E-state index in [1.165, 1.54) is 10.4 Å². The Balaban J connectivity index is 2.55. The van der Waals surface area contributed by atoms with Crippen LogP contribution in [0.2, 0.25) is 0 Å². The monoisotopic (exact) mass is 360 g/mol. The maximum Gasteiger partial charge on any atom is 0.407 e. The van der Waals surface area contributed by atoms with Crippen LogP contribution in [0.3, 0.4) is 0 Å². The van der Waals surface area contributed by atoms with Gasteiger partial charge in [0.2, 0.25) is 10.0 Å². The molecular formula is C16H25FN2O4S. The van der Waals surface area contributed by atoms with Gasteiger partial charge < -0.3 is 10.1 Å². The molecular weight excluding hydrogens is 335 g/mol. The van der Waals surface area contributed by atoms with Gasteiger partial charge in [-0.05, 0) is 38.8 Å². The van der Waals surface area contributed by atoms with Crippen molar-refractivity contribution >= 4 is 16.1 Å². The maximum absolute atomic E-state index is 13.6. The van der Waals surface area contributed by atoms with E-state index >= 15 is 0 Å². The number of ether oxygens (including phenoxy) is 1. The van der Waals surface area contributed by atoms with E-state index in [0.717, 1.165) is 6.26 Å². The minimum atomic E-state index is -3.46. The largest absolute Gasteiger partial charge is 0.444 e. The van der Waals surface area contributed by atoms with Crippen LogP contribution in [0.1, 0.15) is 26.3 Å². The molecule has 0 heterocycles. The van der Waals surface area contributed by atoms with E-state index in [2.05, 4.69) is 5.32 Å². The number of alkyl carbamates (subject to hydrolysis) is 1. The summed E-state index contributed by atoms with van der Waals surface area (Å²) >= 11 is 0. The molecule has 8 heteroatoms. The van der Waals surface area contributed by atoms with Crippen LogP contribution < -0.4 is 5.32 Å². The van der Waals surface area contributed by atoms with Crippen LogP contribution in [0.15, 0.2) is 24.3 Å². The molecule has 1 N–H and O–H groups in total. The predicted molar refractivity (Wildman–Crippen MR) is 90.8 cm³/mol. The van der Waals surface area contributed by atoms with Crippen LogP contribution in [0.25, 0.3) is 0 Å². The fraction of sp³-hybridized carbons (Fsp3) is 0.562. The lowest BCUT2D eigenvalue weighted by Gasteiger charge is -2.22. The van der Waals surface area contributed by atoms with Gasteiger partial charge in [0, 0.05) is 19.6 Å². The zero-order valence-electron chi connectivity index (χ0n) is 14.5. The fourth-order valence-electron chi connectivity index (χ4n) is 1.99. The number of halogens is 1. The van der Waals surface area contributed by atoms with Crippen molar-refractivity contribution in [2.24, 2.45) is 0 Å². The molecule has 0 saturated heterocycles. The van der Waals surface area contributed by atoms with Crippen LogP contribution in [0.4, 0.5) is 9.18 Å². The topological polar surface area (TPSA) is 75.7 Å². The summed E-state index contributed by atoms with van der Waals surface area (Å²) in [4.78, 5) is 11.6. The Morgan fingerprint density at radius 1 is 1.25 bits per heavy atom. The Hall–Kier alpha value is -1.67. The SMILES string of the molecule is CC(C)(C)OC(=O)NCCN(CCc1ccccc1F)S(C)(=O)=O. The third-order valence-electron chi connectivity index (χ3n) is 3.09. The van der Waals surface area contributed by atoms with Crippen molar-refractivity contribution in [2.45, 2.75) is 32.8 Å². The van der Waals surface area contributed by atoms with Crippen molar-refractivity contribution in [1.82, 2.24) is 9.62 Å². The molecule has 0 radical (unpaired) electrons. The molecule has 0 fully saturated rings. The average Bonchev–Trinajstić information content (AvgIpc) is 2.40. The number of hydrogen-bond donors (Lipinski definition) is 1. The summed E-state index contributed by atoms with van der Waals surface area (Å²) in [6.07, 6.45) is 0.735. The number of carbonyl (C=O) groups excluding carboxylic acids is 1. The molecule has 0 aliphatic heterocycles. The highest BCUT2D eigenvalue weighted by Gasteiger charge is 2.19. The summed E-state index contributed by atoms with van der Waals surface area (Å²) in [6.45, 7) is 5.55. The normalized spacial score (nSPS) is 12.2. The van der Waals surface area contributed by atoms with Gasteiger partial charge in [0.05, 0.1) is 6.26 Å². The van der Waals surface area contributed by atoms with E-state index in [4.69, 9.17) is 4.74 Å². The molecule has 0 bridgehead atoms.